The lowest BCUT2D eigenvalue weighted by Crippen LogP contribution is -2.16. The van der Waals surface area contributed by atoms with Crippen LogP contribution in [0.4, 0.5) is 10.5 Å². The zero-order valence-electron chi connectivity index (χ0n) is 13.8. The number of ether oxygens (including phenoxy) is 5. The second kappa shape index (κ2) is 13.1. The Labute approximate surface area is 144 Å². The highest BCUT2D eigenvalue weighted by atomic mass is 16.7. The zero-order chi connectivity index (χ0) is 18.3. The van der Waals surface area contributed by atoms with Gasteiger partial charge >= 0.3 is 6.16 Å². The van der Waals surface area contributed by atoms with Crippen molar-refractivity contribution >= 4 is 11.8 Å². The van der Waals surface area contributed by atoms with Crippen LogP contribution in [0.2, 0.25) is 0 Å². The molecule has 10 nitrogen and oxygen atoms in total. The van der Waals surface area contributed by atoms with Gasteiger partial charge in [0.25, 0.3) is 5.69 Å². The van der Waals surface area contributed by atoms with Crippen molar-refractivity contribution in [3.05, 3.63) is 34.4 Å². The number of rotatable bonds is 13. The Morgan fingerprint density at radius 1 is 0.920 bits per heavy atom. The molecule has 0 atom stereocenters. The van der Waals surface area contributed by atoms with Gasteiger partial charge in [-0.25, -0.2) is 4.79 Å². The van der Waals surface area contributed by atoms with Crippen LogP contribution in [0.1, 0.15) is 0 Å². The first-order valence-electron chi connectivity index (χ1n) is 7.66. The molecule has 1 rings (SSSR count). The third kappa shape index (κ3) is 10.2. The van der Waals surface area contributed by atoms with Gasteiger partial charge in [0.05, 0.1) is 44.6 Å². The highest BCUT2D eigenvalue weighted by molar-refractivity contribution is 5.63. The molecule has 0 amide bonds. The smallest absolute Gasteiger partial charge is 0.432 e. The maximum Gasteiger partial charge on any atom is 0.513 e. The van der Waals surface area contributed by atoms with E-state index in [2.05, 4.69) is 0 Å². The van der Waals surface area contributed by atoms with Gasteiger partial charge in [-0.1, -0.05) is 0 Å². The van der Waals surface area contributed by atoms with Crippen LogP contribution < -0.4 is 10.5 Å². The first kappa shape index (κ1) is 20.8. The van der Waals surface area contributed by atoms with Crippen LogP contribution in [0.3, 0.4) is 0 Å². The zero-order valence-corrected chi connectivity index (χ0v) is 13.8. The first-order chi connectivity index (χ1) is 12.1. The standard InChI is InChI=1S/C15H22N2O8/c16-5-6-21-7-8-22-9-10-23-11-12-24-15(18)25-14-3-1-13(2-4-14)17(19)20/h1-4H,5-12,16H2. The number of nitrogens with zero attached hydrogens (tertiary/aromatic N) is 1. The molecule has 1 aromatic rings. The fraction of sp³-hybridized carbons (Fsp3) is 0.533. The molecule has 0 aliphatic rings. The van der Waals surface area contributed by atoms with Gasteiger partial charge in [-0.05, 0) is 12.1 Å². The normalized spacial score (nSPS) is 10.4. The van der Waals surface area contributed by atoms with Gasteiger partial charge in [0.1, 0.15) is 12.4 Å². The monoisotopic (exact) mass is 358 g/mol. The van der Waals surface area contributed by atoms with Crippen molar-refractivity contribution in [2.45, 2.75) is 0 Å². The van der Waals surface area contributed by atoms with Gasteiger partial charge in [0, 0.05) is 18.7 Å². The van der Waals surface area contributed by atoms with Gasteiger partial charge in [0.15, 0.2) is 0 Å². The lowest BCUT2D eigenvalue weighted by Gasteiger charge is -2.07. The van der Waals surface area contributed by atoms with E-state index in [0.717, 1.165) is 0 Å². The minimum absolute atomic E-state index is 0.0193. The van der Waals surface area contributed by atoms with E-state index in [0.29, 0.717) is 39.6 Å². The summed E-state index contributed by atoms with van der Waals surface area (Å²) in [5.74, 6) is 0.154. The van der Waals surface area contributed by atoms with Crippen LogP contribution in [0.5, 0.6) is 5.75 Å². The van der Waals surface area contributed by atoms with Gasteiger partial charge in [-0.3, -0.25) is 10.1 Å². The van der Waals surface area contributed by atoms with Crippen molar-refractivity contribution < 1.29 is 33.4 Å². The van der Waals surface area contributed by atoms with Gasteiger partial charge in [0.2, 0.25) is 0 Å². The number of hydrogen-bond donors (Lipinski definition) is 1. The van der Waals surface area contributed by atoms with Crippen molar-refractivity contribution in [3.8, 4) is 5.75 Å². The minimum Gasteiger partial charge on any atom is -0.432 e. The molecule has 0 saturated heterocycles. The highest BCUT2D eigenvalue weighted by Gasteiger charge is 2.09. The van der Waals surface area contributed by atoms with E-state index in [1.165, 1.54) is 24.3 Å². The number of carbonyl (C=O) groups is 1. The average molecular weight is 358 g/mol. The molecule has 0 aromatic heterocycles. The summed E-state index contributed by atoms with van der Waals surface area (Å²) in [6.45, 7) is 2.91. The number of carbonyl (C=O) groups excluding carboxylic acids is 1. The maximum absolute atomic E-state index is 11.4. The van der Waals surface area contributed by atoms with E-state index in [4.69, 9.17) is 29.4 Å². The Hall–Kier alpha value is -2.27. The van der Waals surface area contributed by atoms with E-state index in [-0.39, 0.29) is 24.7 Å². The average Bonchev–Trinajstić information content (AvgIpc) is 2.60. The van der Waals surface area contributed by atoms with Crippen LogP contribution >= 0.6 is 0 Å². The Morgan fingerprint density at radius 2 is 1.44 bits per heavy atom. The minimum atomic E-state index is -0.911. The fourth-order valence-electron chi connectivity index (χ4n) is 1.57. The molecule has 0 radical (unpaired) electrons. The molecule has 0 unspecified atom stereocenters. The molecule has 140 valence electrons. The molecule has 1 aromatic carbocycles. The molecule has 0 bridgehead atoms. The van der Waals surface area contributed by atoms with Gasteiger partial charge in [-0.15, -0.1) is 0 Å². The molecule has 0 saturated carbocycles. The maximum atomic E-state index is 11.4. The first-order valence-corrected chi connectivity index (χ1v) is 7.66. The summed E-state index contributed by atoms with van der Waals surface area (Å²) in [4.78, 5) is 21.4. The molecule has 2 N–H and O–H groups in total. The lowest BCUT2D eigenvalue weighted by atomic mass is 10.3. The number of nitro groups is 1. The predicted molar refractivity (Wildman–Crippen MR) is 86.6 cm³/mol. The number of nitro benzene ring substituents is 1. The van der Waals surface area contributed by atoms with Crippen LogP contribution in [-0.4, -0.2) is 63.9 Å². The van der Waals surface area contributed by atoms with Crippen molar-refractivity contribution in [1.29, 1.82) is 0 Å². The summed E-state index contributed by atoms with van der Waals surface area (Å²) in [5.41, 5.74) is 5.17. The summed E-state index contributed by atoms with van der Waals surface area (Å²) in [6.07, 6.45) is -0.911. The molecule has 0 heterocycles. The Morgan fingerprint density at radius 3 is 1.96 bits per heavy atom. The SMILES string of the molecule is NCCOCCOCCOCCOC(=O)Oc1ccc([N+](=O)[O-])cc1. The Bertz CT molecular complexity index is 509. The summed E-state index contributed by atoms with van der Waals surface area (Å²) in [6, 6.07) is 5.08. The van der Waals surface area contributed by atoms with Crippen molar-refractivity contribution in [3.63, 3.8) is 0 Å². The molecule has 0 fully saturated rings. The second-order valence-corrected chi connectivity index (χ2v) is 4.58. The van der Waals surface area contributed by atoms with Gasteiger partial charge in [-0.2, -0.15) is 0 Å². The number of hydrogen-bond acceptors (Lipinski definition) is 9. The van der Waals surface area contributed by atoms with Crippen LogP contribution in [0.15, 0.2) is 24.3 Å². The molecule has 25 heavy (non-hydrogen) atoms. The second-order valence-electron chi connectivity index (χ2n) is 4.58. The highest BCUT2D eigenvalue weighted by Crippen LogP contribution is 2.17. The number of non-ortho nitro benzene ring substituents is 1. The number of nitrogens with two attached hydrogens (primary N) is 1. The summed E-state index contributed by atoms with van der Waals surface area (Å²) in [5, 5.41) is 10.5. The van der Waals surface area contributed by atoms with E-state index < -0.39 is 11.1 Å². The lowest BCUT2D eigenvalue weighted by molar-refractivity contribution is -0.384. The molecule has 0 aliphatic heterocycles. The molecule has 10 heteroatoms. The van der Waals surface area contributed by atoms with Crippen molar-refractivity contribution in [1.82, 2.24) is 0 Å². The van der Waals surface area contributed by atoms with E-state index in [1.807, 2.05) is 0 Å². The van der Waals surface area contributed by atoms with Crippen LogP contribution in [0.25, 0.3) is 0 Å². The summed E-state index contributed by atoms with van der Waals surface area (Å²) < 4.78 is 25.2. The molecular formula is C15H22N2O8. The van der Waals surface area contributed by atoms with Crippen LogP contribution in [0, 0.1) is 10.1 Å². The van der Waals surface area contributed by atoms with E-state index in [9.17, 15) is 14.9 Å². The van der Waals surface area contributed by atoms with Crippen molar-refractivity contribution in [2.75, 3.05) is 52.8 Å². The van der Waals surface area contributed by atoms with Crippen molar-refractivity contribution in [2.24, 2.45) is 5.73 Å². The topological polar surface area (TPSA) is 132 Å². The van der Waals surface area contributed by atoms with E-state index >= 15 is 0 Å². The summed E-state index contributed by atoms with van der Waals surface area (Å²) in [7, 11) is 0. The Balaban J connectivity index is 1.99. The Kier molecular flexibility index (Phi) is 10.9. The van der Waals surface area contributed by atoms with Gasteiger partial charge < -0.3 is 29.4 Å². The molecule has 0 aliphatic carbocycles. The molecular weight excluding hydrogens is 336 g/mol. The third-order valence-electron chi connectivity index (χ3n) is 2.70. The molecule has 0 spiro atoms. The largest absolute Gasteiger partial charge is 0.513 e. The van der Waals surface area contributed by atoms with E-state index in [1.54, 1.807) is 0 Å². The summed E-state index contributed by atoms with van der Waals surface area (Å²) >= 11 is 0. The third-order valence-corrected chi connectivity index (χ3v) is 2.70. The predicted octanol–water partition coefficient (Wildman–Crippen LogP) is 1.12. The number of benzene rings is 1. The fourth-order valence-corrected chi connectivity index (χ4v) is 1.57. The quantitative estimate of drug-likeness (QED) is 0.181. The van der Waals surface area contributed by atoms with Crippen LogP contribution in [-0.2, 0) is 18.9 Å².